The number of thiophene rings is 1. The van der Waals surface area contributed by atoms with Gasteiger partial charge in [-0.1, -0.05) is 55.8 Å². The Labute approximate surface area is 163 Å². The van der Waals surface area contributed by atoms with Gasteiger partial charge >= 0.3 is 5.97 Å². The van der Waals surface area contributed by atoms with Gasteiger partial charge in [-0.2, -0.15) is 0 Å². The fraction of sp³-hybridized carbons (Fsp3) is 0.429. The molecule has 1 heterocycles. The number of aromatic carboxylic acids is 1. The number of halogens is 1. The number of Topliss-reactive ketones (excluding diaryl/α,β-unsaturated/α-hetero) is 1. The molecule has 3 nitrogen and oxygen atoms in total. The number of benzene rings is 1. The second-order valence-corrected chi connectivity index (χ2v) is 8.42. The molecule has 0 spiro atoms. The molecule has 0 bridgehead atoms. The van der Waals surface area contributed by atoms with Crippen molar-refractivity contribution < 1.29 is 14.7 Å². The van der Waals surface area contributed by atoms with Gasteiger partial charge in [0.25, 0.3) is 0 Å². The van der Waals surface area contributed by atoms with Crippen molar-refractivity contribution in [1.82, 2.24) is 0 Å². The van der Waals surface area contributed by atoms with Crippen molar-refractivity contribution in [2.24, 2.45) is 5.92 Å². The van der Waals surface area contributed by atoms with Crippen LogP contribution in [0.3, 0.4) is 0 Å². The molecule has 0 amide bonds. The van der Waals surface area contributed by atoms with Crippen molar-refractivity contribution in [2.75, 3.05) is 0 Å². The van der Waals surface area contributed by atoms with Gasteiger partial charge in [-0.3, -0.25) is 4.79 Å². The lowest BCUT2D eigenvalue weighted by atomic mass is 9.85. The topological polar surface area (TPSA) is 54.4 Å². The summed E-state index contributed by atoms with van der Waals surface area (Å²) in [4.78, 5) is 24.9. The third kappa shape index (κ3) is 4.74. The highest BCUT2D eigenvalue weighted by Gasteiger charge is 2.22. The Bertz CT molecular complexity index is 773. The zero-order chi connectivity index (χ0) is 18.5. The Morgan fingerprint density at radius 2 is 1.81 bits per heavy atom. The van der Waals surface area contributed by atoms with Crippen LogP contribution in [0.15, 0.2) is 29.6 Å². The Balaban J connectivity index is 1.70. The molecule has 1 aromatic carbocycles. The average molecular weight is 391 g/mol. The quantitative estimate of drug-likeness (QED) is 0.608. The summed E-state index contributed by atoms with van der Waals surface area (Å²) < 4.78 is 0. The lowest BCUT2D eigenvalue weighted by Gasteiger charge is -2.20. The number of carboxylic acid groups (broad SMARTS) is 1. The molecule has 26 heavy (non-hydrogen) atoms. The second-order valence-electron chi connectivity index (χ2n) is 7.02. The number of carbonyl (C=O) groups is 2. The highest BCUT2D eigenvalue weighted by atomic mass is 35.5. The molecule has 0 radical (unpaired) electrons. The lowest BCUT2D eigenvalue weighted by Crippen LogP contribution is -2.11. The van der Waals surface area contributed by atoms with Gasteiger partial charge in [-0.15, -0.1) is 11.3 Å². The number of rotatable bonds is 7. The standard InChI is InChI=1S/C21H23ClO3S/c22-16-9-7-15(8-10-16)18-13-26-19(20(18)21(24)25)12-17(23)11-6-14-4-2-1-3-5-14/h7-10,13-14H,1-6,11-12H2,(H,24,25). The molecular formula is C21H23ClO3S. The Kier molecular flexibility index (Phi) is 6.49. The van der Waals surface area contributed by atoms with Crippen molar-refractivity contribution in [2.45, 2.75) is 51.4 Å². The molecular weight excluding hydrogens is 368 g/mol. The third-order valence-corrected chi connectivity index (χ3v) is 6.39. The average Bonchev–Trinajstić information content (AvgIpc) is 3.05. The van der Waals surface area contributed by atoms with Crippen molar-refractivity contribution in [3.8, 4) is 11.1 Å². The summed E-state index contributed by atoms with van der Waals surface area (Å²) in [5, 5.41) is 12.1. The Hall–Kier alpha value is -1.65. The van der Waals surface area contributed by atoms with Crippen LogP contribution in [-0.4, -0.2) is 16.9 Å². The SMILES string of the molecule is O=C(CCC1CCCCC1)Cc1scc(-c2ccc(Cl)cc2)c1C(=O)O. The molecule has 1 N–H and O–H groups in total. The molecule has 0 aliphatic heterocycles. The minimum absolute atomic E-state index is 0.141. The largest absolute Gasteiger partial charge is 0.478 e. The van der Waals surface area contributed by atoms with Gasteiger partial charge in [-0.25, -0.2) is 4.79 Å². The first-order chi connectivity index (χ1) is 12.5. The maximum atomic E-state index is 12.4. The summed E-state index contributed by atoms with van der Waals surface area (Å²) in [6.07, 6.45) is 8.03. The molecule has 5 heteroatoms. The summed E-state index contributed by atoms with van der Waals surface area (Å²) in [7, 11) is 0. The number of hydrogen-bond donors (Lipinski definition) is 1. The first-order valence-electron chi connectivity index (χ1n) is 9.16. The monoisotopic (exact) mass is 390 g/mol. The molecule has 1 fully saturated rings. The maximum Gasteiger partial charge on any atom is 0.337 e. The fourth-order valence-electron chi connectivity index (χ4n) is 3.71. The van der Waals surface area contributed by atoms with E-state index in [1.807, 2.05) is 17.5 Å². The normalized spacial score (nSPS) is 15.1. The molecule has 0 atom stereocenters. The third-order valence-electron chi connectivity index (χ3n) is 5.15. The summed E-state index contributed by atoms with van der Waals surface area (Å²) in [5.74, 6) is -0.173. The van der Waals surface area contributed by atoms with E-state index < -0.39 is 5.97 Å². The van der Waals surface area contributed by atoms with Gasteiger partial charge in [0.15, 0.2) is 0 Å². The Morgan fingerprint density at radius 1 is 1.12 bits per heavy atom. The highest BCUT2D eigenvalue weighted by molar-refractivity contribution is 7.11. The van der Waals surface area contributed by atoms with Crippen molar-refractivity contribution in [3.05, 3.63) is 45.1 Å². The van der Waals surface area contributed by atoms with Gasteiger partial charge in [0.1, 0.15) is 5.78 Å². The van der Waals surface area contributed by atoms with Gasteiger partial charge in [0.2, 0.25) is 0 Å². The first-order valence-corrected chi connectivity index (χ1v) is 10.4. The predicted molar refractivity (Wildman–Crippen MR) is 106 cm³/mol. The van der Waals surface area contributed by atoms with Crippen LogP contribution >= 0.6 is 22.9 Å². The minimum atomic E-state index is -0.980. The molecule has 0 unspecified atom stereocenters. The van der Waals surface area contributed by atoms with Crippen LogP contribution in [0.2, 0.25) is 5.02 Å². The first kappa shape index (κ1) is 19.1. The van der Waals surface area contributed by atoms with Crippen LogP contribution in [0.4, 0.5) is 0 Å². The van der Waals surface area contributed by atoms with Crippen LogP contribution in [0, 0.1) is 5.92 Å². The second kappa shape index (κ2) is 8.83. The van der Waals surface area contributed by atoms with E-state index in [2.05, 4.69) is 0 Å². The number of carboxylic acids is 1. The van der Waals surface area contributed by atoms with E-state index in [9.17, 15) is 14.7 Å². The number of hydrogen-bond acceptors (Lipinski definition) is 3. The molecule has 0 saturated heterocycles. The summed E-state index contributed by atoms with van der Waals surface area (Å²) in [6.45, 7) is 0. The van der Waals surface area contributed by atoms with Crippen LogP contribution in [0.25, 0.3) is 11.1 Å². The van der Waals surface area contributed by atoms with Crippen molar-refractivity contribution >= 4 is 34.7 Å². The summed E-state index contributed by atoms with van der Waals surface area (Å²) >= 11 is 7.27. The van der Waals surface area contributed by atoms with Crippen LogP contribution < -0.4 is 0 Å². The molecule has 3 rings (SSSR count). The lowest BCUT2D eigenvalue weighted by molar-refractivity contribution is -0.118. The maximum absolute atomic E-state index is 12.4. The van der Waals surface area contributed by atoms with E-state index in [1.54, 1.807) is 12.1 Å². The van der Waals surface area contributed by atoms with Gasteiger partial charge < -0.3 is 5.11 Å². The molecule has 1 aliphatic carbocycles. The highest BCUT2D eigenvalue weighted by Crippen LogP contribution is 2.33. The van der Waals surface area contributed by atoms with Crippen molar-refractivity contribution in [3.63, 3.8) is 0 Å². The smallest absolute Gasteiger partial charge is 0.337 e. The van der Waals surface area contributed by atoms with Crippen LogP contribution in [0.1, 0.15) is 60.2 Å². The van der Waals surface area contributed by atoms with E-state index in [-0.39, 0.29) is 17.8 Å². The molecule has 2 aromatic rings. The van der Waals surface area contributed by atoms with E-state index in [0.717, 1.165) is 12.0 Å². The zero-order valence-electron chi connectivity index (χ0n) is 14.7. The molecule has 138 valence electrons. The van der Waals surface area contributed by atoms with Gasteiger partial charge in [0.05, 0.1) is 5.56 Å². The number of carbonyl (C=O) groups excluding carboxylic acids is 1. The molecule has 1 aromatic heterocycles. The zero-order valence-corrected chi connectivity index (χ0v) is 16.2. The van der Waals surface area contributed by atoms with E-state index in [4.69, 9.17) is 11.6 Å². The minimum Gasteiger partial charge on any atom is -0.478 e. The van der Waals surface area contributed by atoms with E-state index in [0.29, 0.717) is 27.8 Å². The fourth-order valence-corrected chi connectivity index (χ4v) is 4.91. The molecule has 1 aliphatic rings. The van der Waals surface area contributed by atoms with Gasteiger partial charge in [0, 0.05) is 28.3 Å². The summed E-state index contributed by atoms with van der Waals surface area (Å²) in [5.41, 5.74) is 1.72. The summed E-state index contributed by atoms with van der Waals surface area (Å²) in [6, 6.07) is 7.11. The van der Waals surface area contributed by atoms with Crippen molar-refractivity contribution in [1.29, 1.82) is 0 Å². The number of ketones is 1. The molecule has 1 saturated carbocycles. The predicted octanol–water partition coefficient (Wildman–Crippen LogP) is 6.24. The Morgan fingerprint density at radius 3 is 2.46 bits per heavy atom. The van der Waals surface area contributed by atoms with Crippen LogP contribution in [-0.2, 0) is 11.2 Å². The van der Waals surface area contributed by atoms with E-state index in [1.165, 1.54) is 43.4 Å². The van der Waals surface area contributed by atoms with Crippen LogP contribution in [0.5, 0.6) is 0 Å². The van der Waals surface area contributed by atoms with Gasteiger partial charge in [-0.05, 0) is 35.4 Å². The van der Waals surface area contributed by atoms with E-state index >= 15 is 0 Å².